The number of nitrogens with one attached hydrogen (secondary N) is 1. The molecule has 1 fully saturated rings. The van der Waals surface area contributed by atoms with Gasteiger partial charge in [0.2, 0.25) is 0 Å². The Hall–Kier alpha value is -3.64. The summed E-state index contributed by atoms with van der Waals surface area (Å²) < 4.78 is 15.8. The van der Waals surface area contributed by atoms with E-state index in [-0.39, 0.29) is 11.4 Å². The molecule has 4 aromatic rings. The summed E-state index contributed by atoms with van der Waals surface area (Å²) in [4.78, 5) is 17.5. The van der Waals surface area contributed by atoms with Gasteiger partial charge in [-0.15, -0.1) is 0 Å². The number of aromatic nitrogens is 1. The fourth-order valence-corrected chi connectivity index (χ4v) is 4.51. The van der Waals surface area contributed by atoms with E-state index in [0.29, 0.717) is 12.1 Å². The highest BCUT2D eigenvalue weighted by atomic mass is 19.1. The van der Waals surface area contributed by atoms with Crippen molar-refractivity contribution < 1.29 is 4.39 Å². The molecule has 5 nitrogen and oxygen atoms in total. The average Bonchev–Trinajstić information content (AvgIpc) is 2.85. The van der Waals surface area contributed by atoms with Crippen LogP contribution < -0.4 is 15.8 Å². The number of likely N-dealkylation sites (N-methyl/N-ethyl adjacent to an activating group) is 1. The van der Waals surface area contributed by atoms with Crippen LogP contribution >= 0.6 is 0 Å². The van der Waals surface area contributed by atoms with Crippen LogP contribution in [0, 0.1) is 12.7 Å². The lowest BCUT2D eigenvalue weighted by Crippen LogP contribution is -2.44. The Morgan fingerprint density at radius 3 is 2.35 bits per heavy atom. The number of rotatable bonds is 5. The summed E-state index contributed by atoms with van der Waals surface area (Å²) in [5.74, 6) is -0.256. The maximum Gasteiger partial charge on any atom is 0.251 e. The quantitative estimate of drug-likeness (QED) is 0.459. The molecule has 3 aromatic carbocycles. The van der Waals surface area contributed by atoms with Crippen LogP contribution in [0.1, 0.15) is 11.1 Å². The maximum absolute atomic E-state index is 14.1. The van der Waals surface area contributed by atoms with Crippen molar-refractivity contribution in [2.75, 3.05) is 43.4 Å². The van der Waals surface area contributed by atoms with Gasteiger partial charge in [-0.25, -0.2) is 4.39 Å². The standard InChI is InChI=1S/C28H29FN4O/c1-20-22(4-3-5-26(20)29)19-33-27-18-24(8-6-21(27)7-13-28(33)34)30-23-9-11-25(12-10-23)32-16-14-31(2)15-17-32/h3-13,18,30H,14-17,19H2,1-2H3. The van der Waals surface area contributed by atoms with E-state index in [9.17, 15) is 9.18 Å². The molecule has 0 bridgehead atoms. The zero-order chi connectivity index (χ0) is 23.7. The molecule has 1 saturated heterocycles. The lowest BCUT2D eigenvalue weighted by atomic mass is 10.1. The van der Waals surface area contributed by atoms with Gasteiger partial charge in [-0.2, -0.15) is 0 Å². The summed E-state index contributed by atoms with van der Waals surface area (Å²) in [7, 11) is 2.16. The lowest BCUT2D eigenvalue weighted by molar-refractivity contribution is 0.313. The second kappa shape index (κ2) is 9.31. The first-order valence-corrected chi connectivity index (χ1v) is 11.7. The molecule has 0 radical (unpaired) electrons. The predicted molar refractivity (Wildman–Crippen MR) is 138 cm³/mol. The van der Waals surface area contributed by atoms with Crippen LogP contribution in [0.4, 0.5) is 21.5 Å². The van der Waals surface area contributed by atoms with Crippen LogP contribution in [-0.2, 0) is 6.54 Å². The molecule has 6 heteroatoms. The summed E-state index contributed by atoms with van der Waals surface area (Å²) in [5.41, 5.74) is 5.20. The van der Waals surface area contributed by atoms with Crippen LogP contribution in [0.15, 0.2) is 77.6 Å². The smallest absolute Gasteiger partial charge is 0.251 e. The third-order valence-electron chi connectivity index (χ3n) is 6.73. The lowest BCUT2D eigenvalue weighted by Gasteiger charge is -2.34. The minimum atomic E-state index is -0.256. The first-order valence-electron chi connectivity index (χ1n) is 11.7. The summed E-state index contributed by atoms with van der Waals surface area (Å²) in [6, 6.07) is 22.9. The highest BCUT2D eigenvalue weighted by Crippen LogP contribution is 2.25. The molecule has 0 saturated carbocycles. The van der Waals surface area contributed by atoms with Crippen molar-refractivity contribution in [3.05, 3.63) is 100 Å². The number of benzene rings is 3. The summed E-state index contributed by atoms with van der Waals surface area (Å²) in [6.07, 6.45) is 0. The van der Waals surface area contributed by atoms with Crippen molar-refractivity contribution in [2.45, 2.75) is 13.5 Å². The Kier molecular flexibility index (Phi) is 6.07. The van der Waals surface area contributed by atoms with E-state index in [1.807, 2.05) is 30.3 Å². The second-order valence-corrected chi connectivity index (χ2v) is 9.02. The molecule has 34 heavy (non-hydrogen) atoms. The van der Waals surface area contributed by atoms with Crippen LogP contribution in [-0.4, -0.2) is 42.7 Å². The number of pyridine rings is 1. The Labute approximate surface area is 199 Å². The molecule has 1 aliphatic rings. The first-order chi connectivity index (χ1) is 16.5. The van der Waals surface area contributed by atoms with Crippen LogP contribution in [0.25, 0.3) is 10.9 Å². The number of halogens is 1. The van der Waals surface area contributed by atoms with Crippen LogP contribution in [0.3, 0.4) is 0 Å². The fourth-order valence-electron chi connectivity index (χ4n) is 4.51. The van der Waals surface area contributed by atoms with Crippen LogP contribution in [0.5, 0.6) is 0 Å². The Bertz CT molecular complexity index is 1370. The molecule has 0 atom stereocenters. The van der Waals surface area contributed by atoms with Gasteiger partial charge in [0.15, 0.2) is 0 Å². The third-order valence-corrected chi connectivity index (χ3v) is 6.73. The largest absolute Gasteiger partial charge is 0.369 e. The highest BCUT2D eigenvalue weighted by molar-refractivity contribution is 5.84. The van der Waals surface area contributed by atoms with E-state index in [1.54, 1.807) is 23.6 Å². The van der Waals surface area contributed by atoms with Gasteiger partial charge in [0.25, 0.3) is 5.56 Å². The van der Waals surface area contributed by atoms with Gasteiger partial charge in [-0.1, -0.05) is 18.2 Å². The molecule has 1 aliphatic heterocycles. The molecule has 174 valence electrons. The minimum Gasteiger partial charge on any atom is -0.369 e. The highest BCUT2D eigenvalue weighted by Gasteiger charge is 2.14. The molecule has 5 rings (SSSR count). The van der Waals surface area contributed by atoms with Gasteiger partial charge < -0.3 is 19.7 Å². The number of fused-ring (bicyclic) bond motifs is 1. The van der Waals surface area contributed by atoms with E-state index in [0.717, 1.165) is 54.0 Å². The average molecular weight is 457 g/mol. The molecule has 2 heterocycles. The van der Waals surface area contributed by atoms with E-state index in [4.69, 9.17) is 0 Å². The van der Waals surface area contributed by atoms with Gasteiger partial charge in [-0.3, -0.25) is 4.79 Å². The molecule has 1 N–H and O–H groups in total. The molecule has 0 spiro atoms. The van der Waals surface area contributed by atoms with E-state index in [1.165, 1.54) is 11.8 Å². The van der Waals surface area contributed by atoms with Crippen molar-refractivity contribution in [3.8, 4) is 0 Å². The zero-order valence-corrected chi connectivity index (χ0v) is 19.6. The molecule has 1 aromatic heterocycles. The fraction of sp³-hybridized carbons (Fsp3) is 0.250. The van der Waals surface area contributed by atoms with Gasteiger partial charge >= 0.3 is 0 Å². The van der Waals surface area contributed by atoms with E-state index < -0.39 is 0 Å². The molecule has 0 aliphatic carbocycles. The zero-order valence-electron chi connectivity index (χ0n) is 19.6. The van der Waals surface area contributed by atoms with Crippen molar-refractivity contribution in [1.82, 2.24) is 9.47 Å². The summed E-state index contributed by atoms with van der Waals surface area (Å²) in [5, 5.41) is 4.42. The third kappa shape index (κ3) is 4.54. The SMILES string of the molecule is Cc1c(F)cccc1Cn1c(=O)ccc2ccc(Nc3ccc(N4CCN(C)CC4)cc3)cc21. The van der Waals surface area contributed by atoms with Gasteiger partial charge in [0.1, 0.15) is 5.82 Å². The van der Waals surface area contributed by atoms with Crippen molar-refractivity contribution in [1.29, 1.82) is 0 Å². The van der Waals surface area contributed by atoms with Gasteiger partial charge in [0, 0.05) is 49.3 Å². The second-order valence-electron chi connectivity index (χ2n) is 9.02. The molecule has 0 amide bonds. The number of anilines is 3. The van der Waals surface area contributed by atoms with Crippen molar-refractivity contribution >= 4 is 28.0 Å². The summed E-state index contributed by atoms with van der Waals surface area (Å²) >= 11 is 0. The van der Waals surface area contributed by atoms with Gasteiger partial charge in [0.05, 0.1) is 12.1 Å². The first kappa shape index (κ1) is 22.2. The Morgan fingerprint density at radius 2 is 1.59 bits per heavy atom. The Balaban J connectivity index is 1.41. The van der Waals surface area contributed by atoms with Crippen LogP contribution in [0.2, 0.25) is 0 Å². The van der Waals surface area contributed by atoms with E-state index >= 15 is 0 Å². The number of hydrogen-bond acceptors (Lipinski definition) is 4. The van der Waals surface area contributed by atoms with Gasteiger partial charge in [-0.05, 0) is 79.0 Å². The van der Waals surface area contributed by atoms with E-state index in [2.05, 4.69) is 46.4 Å². The number of hydrogen-bond donors (Lipinski definition) is 1. The maximum atomic E-state index is 14.1. The predicted octanol–water partition coefficient (Wildman–Crippen LogP) is 4.99. The normalized spacial score (nSPS) is 14.5. The Morgan fingerprint density at radius 1 is 0.882 bits per heavy atom. The molecule has 0 unspecified atom stereocenters. The summed E-state index contributed by atoms with van der Waals surface area (Å²) in [6.45, 7) is 6.30. The molecular formula is C28H29FN4O. The molecular weight excluding hydrogens is 427 g/mol. The number of piperazine rings is 1. The topological polar surface area (TPSA) is 40.5 Å². The monoisotopic (exact) mass is 456 g/mol. The number of nitrogens with zero attached hydrogens (tertiary/aromatic N) is 3. The van der Waals surface area contributed by atoms with Crippen molar-refractivity contribution in [2.24, 2.45) is 0 Å². The van der Waals surface area contributed by atoms with Crippen molar-refractivity contribution in [3.63, 3.8) is 0 Å². The minimum absolute atomic E-state index is 0.107.